The van der Waals surface area contributed by atoms with Crippen LogP contribution in [0.1, 0.15) is 12.0 Å². The van der Waals surface area contributed by atoms with Crippen molar-refractivity contribution in [3.8, 4) is 0 Å². The van der Waals surface area contributed by atoms with E-state index in [0.717, 1.165) is 18.7 Å². The molecule has 0 radical (unpaired) electrons. The van der Waals surface area contributed by atoms with Crippen molar-refractivity contribution in [2.75, 3.05) is 30.4 Å². The Morgan fingerprint density at radius 2 is 1.92 bits per heavy atom. The summed E-state index contributed by atoms with van der Waals surface area (Å²) in [5, 5.41) is 16.3. The van der Waals surface area contributed by atoms with E-state index in [1.165, 1.54) is 6.07 Å². The summed E-state index contributed by atoms with van der Waals surface area (Å²) in [6, 6.07) is 14.2. The van der Waals surface area contributed by atoms with Crippen LogP contribution in [-0.4, -0.2) is 31.1 Å². The molecule has 7 nitrogen and oxygen atoms in total. The molecule has 2 N–H and O–H groups in total. The molecule has 2 aromatic carbocycles. The van der Waals surface area contributed by atoms with Crippen LogP contribution in [0.5, 0.6) is 0 Å². The molecule has 0 aliphatic heterocycles. The number of aryl methyl sites for hydroxylation is 1. The van der Waals surface area contributed by atoms with Crippen LogP contribution in [0.15, 0.2) is 48.5 Å². The molecule has 0 fully saturated rings. The third-order valence-electron chi connectivity index (χ3n) is 3.82. The van der Waals surface area contributed by atoms with E-state index < -0.39 is 4.92 Å². The average Bonchev–Trinajstić information content (AvgIpc) is 2.60. The van der Waals surface area contributed by atoms with Crippen LogP contribution in [0.4, 0.5) is 21.9 Å². The minimum Gasteiger partial charge on any atom is -0.375 e. The van der Waals surface area contributed by atoms with Gasteiger partial charge in [0.05, 0.1) is 4.92 Å². The monoisotopic (exact) mass is 342 g/mol. The summed E-state index contributed by atoms with van der Waals surface area (Å²) in [6.45, 7) is 2.97. The summed E-state index contributed by atoms with van der Waals surface area (Å²) < 4.78 is 0. The number of nitro groups is 1. The molecule has 0 saturated carbocycles. The zero-order valence-electron chi connectivity index (χ0n) is 14.4. The predicted molar refractivity (Wildman–Crippen MR) is 99.2 cm³/mol. The summed E-state index contributed by atoms with van der Waals surface area (Å²) in [5.74, 6) is 0. The van der Waals surface area contributed by atoms with Crippen LogP contribution in [0.3, 0.4) is 0 Å². The van der Waals surface area contributed by atoms with E-state index in [4.69, 9.17) is 0 Å². The van der Waals surface area contributed by atoms with Gasteiger partial charge in [-0.1, -0.05) is 24.3 Å². The lowest BCUT2D eigenvalue weighted by molar-refractivity contribution is -0.385. The lowest BCUT2D eigenvalue weighted by Gasteiger charge is -2.19. The predicted octanol–water partition coefficient (Wildman–Crippen LogP) is 3.55. The second kappa shape index (κ2) is 8.68. The Labute approximate surface area is 146 Å². The minimum absolute atomic E-state index is 0.0118. The van der Waals surface area contributed by atoms with Crippen LogP contribution in [0.25, 0.3) is 0 Å². The smallest absolute Gasteiger partial charge is 0.319 e. The SMILES string of the molecule is Cc1ccc(NC(=O)NCCCN(C)c2ccccc2)cc1[N+](=O)[O-]. The first-order chi connectivity index (χ1) is 12.0. The highest BCUT2D eigenvalue weighted by atomic mass is 16.6. The molecule has 2 rings (SSSR count). The highest BCUT2D eigenvalue weighted by Crippen LogP contribution is 2.22. The molecule has 0 bridgehead atoms. The second-order valence-electron chi connectivity index (χ2n) is 5.75. The molecule has 2 amide bonds. The number of carbonyl (C=O) groups excluding carboxylic acids is 1. The molecule has 25 heavy (non-hydrogen) atoms. The maximum atomic E-state index is 11.9. The standard InChI is InChI=1S/C18H22N4O3/c1-14-9-10-15(13-17(14)22(24)25)20-18(23)19-11-6-12-21(2)16-7-4-3-5-8-16/h3-5,7-10,13H,6,11-12H2,1-2H3,(H2,19,20,23). The fourth-order valence-corrected chi connectivity index (χ4v) is 2.39. The van der Waals surface area contributed by atoms with E-state index in [2.05, 4.69) is 15.5 Å². The third-order valence-corrected chi connectivity index (χ3v) is 3.82. The van der Waals surface area contributed by atoms with Gasteiger partial charge in [-0.2, -0.15) is 0 Å². The van der Waals surface area contributed by atoms with E-state index in [1.807, 2.05) is 37.4 Å². The Hall–Kier alpha value is -3.09. The molecule has 7 heteroatoms. The van der Waals surface area contributed by atoms with Gasteiger partial charge in [0.25, 0.3) is 5.69 Å². The molecule has 0 saturated heterocycles. The first-order valence-electron chi connectivity index (χ1n) is 8.03. The van der Waals surface area contributed by atoms with Crippen molar-refractivity contribution >= 4 is 23.1 Å². The molecule has 0 spiro atoms. The molecule has 0 atom stereocenters. The topological polar surface area (TPSA) is 87.5 Å². The van der Waals surface area contributed by atoms with Gasteiger partial charge in [0.1, 0.15) is 0 Å². The third kappa shape index (κ3) is 5.49. The lowest BCUT2D eigenvalue weighted by atomic mass is 10.2. The summed E-state index contributed by atoms with van der Waals surface area (Å²) in [4.78, 5) is 24.5. The largest absolute Gasteiger partial charge is 0.375 e. The number of amides is 2. The average molecular weight is 342 g/mol. The Balaban J connectivity index is 1.76. The van der Waals surface area contributed by atoms with Gasteiger partial charge in [0.2, 0.25) is 0 Å². The van der Waals surface area contributed by atoms with Crippen LogP contribution in [0.2, 0.25) is 0 Å². The molecule has 132 valence electrons. The van der Waals surface area contributed by atoms with Crippen LogP contribution in [-0.2, 0) is 0 Å². The highest BCUT2D eigenvalue weighted by molar-refractivity contribution is 5.89. The summed E-state index contributed by atoms with van der Waals surface area (Å²) in [6.07, 6.45) is 0.785. The summed E-state index contributed by atoms with van der Waals surface area (Å²) in [7, 11) is 2.00. The van der Waals surface area contributed by atoms with E-state index in [9.17, 15) is 14.9 Å². The lowest BCUT2D eigenvalue weighted by Crippen LogP contribution is -2.31. The van der Waals surface area contributed by atoms with Gasteiger partial charge in [0, 0.05) is 43.1 Å². The number of nitrogens with one attached hydrogen (secondary N) is 2. The number of nitro benzene ring substituents is 1. The number of para-hydroxylation sites is 1. The van der Waals surface area contributed by atoms with Gasteiger partial charge < -0.3 is 15.5 Å². The number of rotatable bonds is 7. The van der Waals surface area contributed by atoms with Gasteiger partial charge >= 0.3 is 6.03 Å². The zero-order chi connectivity index (χ0) is 18.2. The van der Waals surface area contributed by atoms with Gasteiger partial charge in [-0.3, -0.25) is 10.1 Å². The van der Waals surface area contributed by atoms with Crippen LogP contribution >= 0.6 is 0 Å². The molecule has 0 aromatic heterocycles. The van der Waals surface area contributed by atoms with Crippen molar-refractivity contribution in [2.45, 2.75) is 13.3 Å². The number of anilines is 2. The van der Waals surface area contributed by atoms with Gasteiger partial charge in [0.15, 0.2) is 0 Å². The van der Waals surface area contributed by atoms with E-state index in [0.29, 0.717) is 17.8 Å². The van der Waals surface area contributed by atoms with E-state index in [1.54, 1.807) is 19.1 Å². The number of urea groups is 1. The number of carbonyl (C=O) groups is 1. The minimum atomic E-state index is -0.460. The number of hydrogen-bond acceptors (Lipinski definition) is 4. The molecule has 0 unspecified atom stereocenters. The number of hydrogen-bond donors (Lipinski definition) is 2. The number of nitrogens with zero attached hydrogens (tertiary/aromatic N) is 2. The first kappa shape index (κ1) is 18.3. The molecule has 0 aliphatic rings. The quantitative estimate of drug-likeness (QED) is 0.457. The van der Waals surface area contributed by atoms with E-state index >= 15 is 0 Å². The molecule has 2 aromatic rings. The maximum Gasteiger partial charge on any atom is 0.319 e. The fourth-order valence-electron chi connectivity index (χ4n) is 2.39. The Morgan fingerprint density at radius 1 is 1.20 bits per heavy atom. The normalized spacial score (nSPS) is 10.2. The Kier molecular flexibility index (Phi) is 6.33. The number of benzene rings is 2. The molecular formula is C18H22N4O3. The van der Waals surface area contributed by atoms with Crippen LogP contribution < -0.4 is 15.5 Å². The van der Waals surface area contributed by atoms with Crippen molar-refractivity contribution in [2.24, 2.45) is 0 Å². The zero-order valence-corrected chi connectivity index (χ0v) is 14.4. The van der Waals surface area contributed by atoms with Crippen molar-refractivity contribution in [1.29, 1.82) is 0 Å². The Morgan fingerprint density at radius 3 is 2.60 bits per heavy atom. The Bertz CT molecular complexity index is 734. The summed E-state index contributed by atoms with van der Waals surface area (Å²) in [5.41, 5.74) is 2.07. The molecular weight excluding hydrogens is 320 g/mol. The van der Waals surface area contributed by atoms with Crippen molar-refractivity contribution in [1.82, 2.24) is 5.32 Å². The van der Waals surface area contributed by atoms with Gasteiger partial charge in [-0.15, -0.1) is 0 Å². The van der Waals surface area contributed by atoms with Crippen LogP contribution in [0, 0.1) is 17.0 Å². The van der Waals surface area contributed by atoms with Crippen molar-refractivity contribution in [3.05, 3.63) is 64.2 Å². The van der Waals surface area contributed by atoms with Gasteiger partial charge in [-0.05, 0) is 31.5 Å². The van der Waals surface area contributed by atoms with E-state index in [-0.39, 0.29) is 11.7 Å². The fraction of sp³-hybridized carbons (Fsp3) is 0.278. The second-order valence-corrected chi connectivity index (χ2v) is 5.75. The van der Waals surface area contributed by atoms with Gasteiger partial charge in [-0.25, -0.2) is 4.79 Å². The summed E-state index contributed by atoms with van der Waals surface area (Å²) >= 11 is 0. The molecule has 0 heterocycles. The maximum absolute atomic E-state index is 11.9. The van der Waals surface area contributed by atoms with Crippen molar-refractivity contribution in [3.63, 3.8) is 0 Å². The van der Waals surface area contributed by atoms with Crippen molar-refractivity contribution < 1.29 is 9.72 Å². The first-order valence-corrected chi connectivity index (χ1v) is 8.03. The highest BCUT2D eigenvalue weighted by Gasteiger charge is 2.12. The molecule has 0 aliphatic carbocycles.